The maximum Gasteiger partial charge on any atom is 0.233 e. The van der Waals surface area contributed by atoms with Gasteiger partial charge in [-0.2, -0.15) is 0 Å². The van der Waals surface area contributed by atoms with Crippen LogP contribution in [0, 0.1) is 0 Å². The molecule has 3 heteroatoms. The fourth-order valence-corrected chi connectivity index (χ4v) is 0.749. The van der Waals surface area contributed by atoms with Crippen molar-refractivity contribution >= 4 is 0 Å². The molecule has 0 aliphatic carbocycles. The Morgan fingerprint density at radius 3 is 2.30 bits per heavy atom. The van der Waals surface area contributed by atoms with E-state index >= 15 is 0 Å². The van der Waals surface area contributed by atoms with Gasteiger partial charge in [-0.25, -0.2) is 4.98 Å². The topological polar surface area (TPSA) is 46.0 Å². The first-order valence-electron chi connectivity index (χ1n) is 3.21. The second-order valence-corrected chi connectivity index (χ2v) is 2.42. The molecule has 0 aromatic carbocycles. The summed E-state index contributed by atoms with van der Waals surface area (Å²) in [5.41, 5.74) is 0.655. The highest BCUT2D eigenvalue weighted by molar-refractivity contribution is 5.18. The van der Waals surface area contributed by atoms with Crippen molar-refractivity contribution in [1.29, 1.82) is 0 Å². The van der Waals surface area contributed by atoms with Crippen LogP contribution < -0.4 is 0 Å². The van der Waals surface area contributed by atoms with Crippen LogP contribution in [0.5, 0.6) is 5.88 Å². The molecule has 0 atom stereocenters. The van der Waals surface area contributed by atoms with Gasteiger partial charge in [0.2, 0.25) is 5.88 Å². The van der Waals surface area contributed by atoms with Crippen molar-refractivity contribution in [3.8, 4) is 5.88 Å². The molecule has 54 valence electrons. The minimum absolute atomic E-state index is 0.0394. The number of rotatable bonds is 1. The van der Waals surface area contributed by atoms with E-state index in [9.17, 15) is 0 Å². The molecule has 10 heavy (non-hydrogen) atoms. The molecule has 1 heterocycles. The predicted octanol–water partition coefficient (Wildman–Crippen LogP) is 1.31. The molecule has 1 aromatic heterocycles. The Hall–Kier alpha value is -1.12. The van der Waals surface area contributed by atoms with Gasteiger partial charge in [0.25, 0.3) is 0 Å². The fraction of sp³-hybridized carbons (Fsp3) is 0.429. The third-order valence-corrected chi connectivity index (χ3v) is 1.25. The largest absolute Gasteiger partial charge is 0.492 e. The maximum atomic E-state index is 9.11. The minimum Gasteiger partial charge on any atom is -0.492 e. The van der Waals surface area contributed by atoms with Gasteiger partial charge in [0.05, 0.1) is 0 Å². The Morgan fingerprint density at radius 2 is 1.90 bits per heavy atom. The van der Waals surface area contributed by atoms with E-state index in [1.165, 1.54) is 6.20 Å². The summed E-state index contributed by atoms with van der Waals surface area (Å²) in [6.45, 7) is 3.92. The third-order valence-electron chi connectivity index (χ3n) is 1.25. The summed E-state index contributed by atoms with van der Waals surface area (Å²) in [6, 6.07) is 0. The molecule has 0 aliphatic rings. The summed E-state index contributed by atoms with van der Waals surface area (Å²) in [5.74, 6) is 0.270. The molecule has 1 aromatic rings. The van der Waals surface area contributed by atoms with Crippen LogP contribution in [0.15, 0.2) is 12.4 Å². The van der Waals surface area contributed by atoms with Gasteiger partial charge in [0.15, 0.2) is 0 Å². The monoisotopic (exact) mass is 138 g/mol. The molecule has 0 fully saturated rings. The molecule has 0 saturated carbocycles. The van der Waals surface area contributed by atoms with Crippen molar-refractivity contribution in [2.24, 2.45) is 0 Å². The fourth-order valence-electron chi connectivity index (χ4n) is 0.749. The third kappa shape index (κ3) is 1.23. The molecule has 0 aliphatic heterocycles. The van der Waals surface area contributed by atoms with Crippen molar-refractivity contribution in [3.63, 3.8) is 0 Å². The Kier molecular flexibility index (Phi) is 1.85. The highest BCUT2D eigenvalue weighted by atomic mass is 16.3. The molecule has 3 nitrogen and oxygen atoms in total. The first-order chi connectivity index (χ1) is 4.72. The average molecular weight is 138 g/mol. The van der Waals surface area contributed by atoms with Gasteiger partial charge in [0, 0.05) is 18.3 Å². The zero-order chi connectivity index (χ0) is 7.56. The number of hydrogen-bond donors (Lipinski definition) is 1. The van der Waals surface area contributed by atoms with Crippen molar-refractivity contribution < 1.29 is 5.11 Å². The smallest absolute Gasteiger partial charge is 0.233 e. The maximum absolute atomic E-state index is 9.11. The Morgan fingerprint density at radius 1 is 1.30 bits per heavy atom. The van der Waals surface area contributed by atoms with Crippen LogP contribution in [-0.4, -0.2) is 15.1 Å². The lowest BCUT2D eigenvalue weighted by Crippen LogP contribution is -1.93. The van der Waals surface area contributed by atoms with E-state index in [1.807, 2.05) is 13.8 Å². The summed E-state index contributed by atoms with van der Waals surface area (Å²) >= 11 is 0. The van der Waals surface area contributed by atoms with Crippen LogP contribution in [0.25, 0.3) is 0 Å². The van der Waals surface area contributed by atoms with Gasteiger partial charge in [-0.05, 0) is 0 Å². The Balaban J connectivity index is 3.03. The number of aromatic hydroxyl groups is 1. The Labute approximate surface area is 59.8 Å². The molecule has 1 rings (SSSR count). The summed E-state index contributed by atoms with van der Waals surface area (Å²) in [4.78, 5) is 7.66. The quantitative estimate of drug-likeness (QED) is 0.636. The molecule has 0 radical (unpaired) electrons. The minimum atomic E-state index is 0.0394. The van der Waals surface area contributed by atoms with Crippen molar-refractivity contribution in [2.45, 2.75) is 19.8 Å². The lowest BCUT2D eigenvalue weighted by Gasteiger charge is -2.03. The summed E-state index contributed by atoms with van der Waals surface area (Å²) in [7, 11) is 0. The molecule has 1 N–H and O–H groups in total. The molecule has 0 spiro atoms. The molecule has 0 unspecified atom stereocenters. The van der Waals surface area contributed by atoms with Gasteiger partial charge in [-0.15, -0.1) is 0 Å². The zero-order valence-electron chi connectivity index (χ0n) is 6.07. The molecular weight excluding hydrogens is 128 g/mol. The van der Waals surface area contributed by atoms with E-state index < -0.39 is 0 Å². The van der Waals surface area contributed by atoms with Crippen LogP contribution in [0.1, 0.15) is 25.5 Å². The summed E-state index contributed by atoms with van der Waals surface area (Å²) < 4.78 is 0. The molecule has 0 saturated heterocycles. The summed E-state index contributed by atoms with van der Waals surface area (Å²) in [5, 5.41) is 9.11. The van der Waals surface area contributed by atoms with E-state index in [0.29, 0.717) is 5.69 Å². The SMILES string of the molecule is CC(C)c1nccnc1O. The van der Waals surface area contributed by atoms with E-state index in [1.54, 1.807) is 6.20 Å². The second-order valence-electron chi connectivity index (χ2n) is 2.42. The second kappa shape index (κ2) is 2.64. The first-order valence-corrected chi connectivity index (χ1v) is 3.21. The zero-order valence-corrected chi connectivity index (χ0v) is 6.07. The van der Waals surface area contributed by atoms with Gasteiger partial charge in [-0.3, -0.25) is 4.98 Å². The number of hydrogen-bond acceptors (Lipinski definition) is 3. The number of nitrogens with zero attached hydrogens (tertiary/aromatic N) is 2. The van der Waals surface area contributed by atoms with Gasteiger partial charge in [0.1, 0.15) is 5.69 Å². The predicted molar refractivity (Wildman–Crippen MR) is 37.8 cm³/mol. The average Bonchev–Trinajstić information content (AvgIpc) is 1.88. The van der Waals surface area contributed by atoms with Crippen LogP contribution in [0.2, 0.25) is 0 Å². The molecule has 0 amide bonds. The van der Waals surface area contributed by atoms with E-state index in [2.05, 4.69) is 9.97 Å². The highest BCUT2D eigenvalue weighted by Gasteiger charge is 2.05. The first kappa shape index (κ1) is 6.99. The molecular formula is C7H10N2O. The van der Waals surface area contributed by atoms with Crippen LogP contribution >= 0.6 is 0 Å². The number of aromatic nitrogens is 2. The van der Waals surface area contributed by atoms with E-state index in [0.717, 1.165) is 0 Å². The lowest BCUT2D eigenvalue weighted by molar-refractivity contribution is 0.437. The van der Waals surface area contributed by atoms with E-state index in [4.69, 9.17) is 5.11 Å². The lowest BCUT2D eigenvalue weighted by atomic mass is 10.1. The standard InChI is InChI=1S/C7H10N2O/c1-5(2)6-7(10)9-4-3-8-6/h3-5H,1-2H3,(H,9,10). The van der Waals surface area contributed by atoms with Gasteiger partial charge >= 0.3 is 0 Å². The van der Waals surface area contributed by atoms with Crippen LogP contribution in [0.3, 0.4) is 0 Å². The summed E-state index contributed by atoms with van der Waals surface area (Å²) in [6.07, 6.45) is 3.05. The van der Waals surface area contributed by atoms with Crippen LogP contribution in [-0.2, 0) is 0 Å². The Bertz CT molecular complexity index is 223. The molecule has 0 bridgehead atoms. The van der Waals surface area contributed by atoms with Gasteiger partial charge < -0.3 is 5.11 Å². The van der Waals surface area contributed by atoms with Crippen molar-refractivity contribution in [1.82, 2.24) is 9.97 Å². The van der Waals surface area contributed by atoms with Crippen LogP contribution in [0.4, 0.5) is 0 Å². The van der Waals surface area contributed by atoms with E-state index in [-0.39, 0.29) is 11.8 Å². The van der Waals surface area contributed by atoms with Crippen molar-refractivity contribution in [2.75, 3.05) is 0 Å². The van der Waals surface area contributed by atoms with Gasteiger partial charge in [-0.1, -0.05) is 13.8 Å². The highest BCUT2D eigenvalue weighted by Crippen LogP contribution is 2.18. The normalized spacial score (nSPS) is 10.3. The van der Waals surface area contributed by atoms with Crippen molar-refractivity contribution in [3.05, 3.63) is 18.1 Å².